The molecule has 0 radical (unpaired) electrons. The van der Waals surface area contributed by atoms with Crippen LogP contribution in [0.1, 0.15) is 24.8 Å². The van der Waals surface area contributed by atoms with E-state index in [4.69, 9.17) is 4.74 Å². The first kappa shape index (κ1) is 15.3. The van der Waals surface area contributed by atoms with E-state index >= 15 is 0 Å². The minimum Gasteiger partial charge on any atom is -0.469 e. The van der Waals surface area contributed by atoms with Crippen molar-refractivity contribution in [2.45, 2.75) is 25.8 Å². The number of carbonyl (C=O) groups excluding carboxylic acids is 1. The van der Waals surface area contributed by atoms with E-state index in [0.29, 0.717) is 5.92 Å². The van der Waals surface area contributed by atoms with Gasteiger partial charge < -0.3 is 4.74 Å². The molecule has 2 aliphatic rings. The zero-order chi connectivity index (χ0) is 16.6. The summed E-state index contributed by atoms with van der Waals surface area (Å²) in [6.45, 7) is 2.52. The van der Waals surface area contributed by atoms with Crippen LogP contribution in [0.5, 0.6) is 0 Å². The number of pyridine rings is 1. The number of nitrogens with zero attached hydrogens (tertiary/aromatic N) is 3. The molecule has 2 aromatic rings. The standard InChI is InChI=1S/C18H22N4O2/c1-24-17(23)18-6-2-5-15(18)11-22(12-18)10-14-9-20-21-16(14)13-4-3-7-19-8-13/h3-4,7-9,15H,2,5-6,10-12H2,1H3,(H,20,21)/t15-,18+/m0/s1. The molecule has 1 saturated carbocycles. The van der Waals surface area contributed by atoms with E-state index in [9.17, 15) is 4.79 Å². The molecule has 2 aromatic heterocycles. The molecule has 0 aromatic carbocycles. The Morgan fingerprint density at radius 1 is 1.50 bits per heavy atom. The van der Waals surface area contributed by atoms with Gasteiger partial charge in [0.05, 0.1) is 24.4 Å². The van der Waals surface area contributed by atoms with Gasteiger partial charge in [-0.3, -0.25) is 19.8 Å². The smallest absolute Gasteiger partial charge is 0.313 e. The molecule has 1 saturated heterocycles. The van der Waals surface area contributed by atoms with Crippen molar-refractivity contribution in [2.24, 2.45) is 11.3 Å². The maximum atomic E-state index is 12.4. The van der Waals surface area contributed by atoms with Gasteiger partial charge >= 0.3 is 5.97 Å². The Balaban J connectivity index is 1.54. The Labute approximate surface area is 141 Å². The number of aromatic nitrogens is 3. The topological polar surface area (TPSA) is 71.1 Å². The summed E-state index contributed by atoms with van der Waals surface area (Å²) in [6, 6.07) is 3.95. The number of carbonyl (C=O) groups is 1. The van der Waals surface area contributed by atoms with Gasteiger partial charge in [-0.1, -0.05) is 6.42 Å². The molecule has 1 aliphatic carbocycles. The van der Waals surface area contributed by atoms with Crippen LogP contribution in [-0.2, 0) is 16.1 Å². The lowest BCUT2D eigenvalue weighted by molar-refractivity contribution is -0.153. The lowest BCUT2D eigenvalue weighted by atomic mass is 9.81. The van der Waals surface area contributed by atoms with Gasteiger partial charge in [0.2, 0.25) is 0 Å². The summed E-state index contributed by atoms with van der Waals surface area (Å²) in [5.41, 5.74) is 2.88. The normalized spacial score (nSPS) is 26.5. The predicted octanol–water partition coefficient (Wildman–Crippen LogP) is 2.25. The second kappa shape index (κ2) is 6.02. The van der Waals surface area contributed by atoms with Gasteiger partial charge in [0.25, 0.3) is 0 Å². The fourth-order valence-corrected chi connectivity index (χ4v) is 4.48. The molecule has 6 nitrogen and oxygen atoms in total. The number of hydrogen-bond donors (Lipinski definition) is 1. The van der Waals surface area contributed by atoms with E-state index in [0.717, 1.165) is 55.7 Å². The highest BCUT2D eigenvalue weighted by Crippen LogP contribution is 2.49. The molecule has 4 rings (SSSR count). The number of likely N-dealkylation sites (tertiary alicyclic amines) is 1. The molecule has 6 heteroatoms. The second-order valence-electron chi connectivity index (χ2n) is 6.92. The molecule has 0 bridgehead atoms. The third kappa shape index (κ3) is 2.41. The molecule has 1 N–H and O–H groups in total. The van der Waals surface area contributed by atoms with E-state index in [1.54, 1.807) is 6.20 Å². The quantitative estimate of drug-likeness (QED) is 0.873. The zero-order valence-electron chi connectivity index (χ0n) is 13.9. The Kier molecular flexibility index (Phi) is 3.84. The van der Waals surface area contributed by atoms with Crippen molar-refractivity contribution in [3.63, 3.8) is 0 Å². The van der Waals surface area contributed by atoms with Crippen molar-refractivity contribution in [2.75, 3.05) is 20.2 Å². The van der Waals surface area contributed by atoms with Crippen molar-refractivity contribution in [3.8, 4) is 11.3 Å². The van der Waals surface area contributed by atoms with E-state index in [-0.39, 0.29) is 11.4 Å². The fraction of sp³-hybridized carbons (Fsp3) is 0.500. The number of aromatic amines is 1. The number of hydrogen-bond acceptors (Lipinski definition) is 5. The Morgan fingerprint density at radius 2 is 2.42 bits per heavy atom. The van der Waals surface area contributed by atoms with Crippen molar-refractivity contribution >= 4 is 5.97 Å². The van der Waals surface area contributed by atoms with Crippen molar-refractivity contribution in [3.05, 3.63) is 36.3 Å². The largest absolute Gasteiger partial charge is 0.469 e. The molecule has 24 heavy (non-hydrogen) atoms. The molecule has 1 aliphatic heterocycles. The second-order valence-corrected chi connectivity index (χ2v) is 6.92. The van der Waals surface area contributed by atoms with E-state index in [1.165, 1.54) is 7.11 Å². The highest BCUT2D eigenvalue weighted by Gasteiger charge is 2.55. The lowest BCUT2D eigenvalue weighted by Crippen LogP contribution is -2.36. The van der Waals surface area contributed by atoms with E-state index in [1.807, 2.05) is 24.5 Å². The highest BCUT2D eigenvalue weighted by molar-refractivity contribution is 5.78. The first-order chi connectivity index (χ1) is 11.7. The highest BCUT2D eigenvalue weighted by atomic mass is 16.5. The van der Waals surface area contributed by atoms with Crippen LogP contribution in [0.3, 0.4) is 0 Å². The number of H-pyrrole nitrogens is 1. The van der Waals surface area contributed by atoms with Gasteiger partial charge in [-0.2, -0.15) is 5.10 Å². The maximum Gasteiger partial charge on any atom is 0.313 e. The molecule has 2 fully saturated rings. The molecular weight excluding hydrogens is 304 g/mol. The third-order valence-corrected chi connectivity index (χ3v) is 5.60. The average molecular weight is 326 g/mol. The average Bonchev–Trinajstić information content (AvgIpc) is 3.29. The van der Waals surface area contributed by atoms with Crippen LogP contribution in [0.15, 0.2) is 30.7 Å². The van der Waals surface area contributed by atoms with Crippen molar-refractivity contribution < 1.29 is 9.53 Å². The van der Waals surface area contributed by atoms with Gasteiger partial charge in [0.1, 0.15) is 0 Å². The zero-order valence-corrected chi connectivity index (χ0v) is 13.9. The maximum absolute atomic E-state index is 12.4. The van der Waals surface area contributed by atoms with Crippen LogP contribution in [-0.4, -0.2) is 46.2 Å². The first-order valence-electron chi connectivity index (χ1n) is 8.46. The Bertz CT molecular complexity index is 730. The van der Waals surface area contributed by atoms with Crippen LogP contribution in [0.4, 0.5) is 0 Å². The number of esters is 1. The van der Waals surface area contributed by atoms with E-state index in [2.05, 4.69) is 20.1 Å². The van der Waals surface area contributed by atoms with Gasteiger partial charge in [-0.15, -0.1) is 0 Å². The van der Waals surface area contributed by atoms with Crippen molar-refractivity contribution in [1.29, 1.82) is 0 Å². The van der Waals surface area contributed by atoms with Crippen LogP contribution in [0.2, 0.25) is 0 Å². The van der Waals surface area contributed by atoms with Gasteiger partial charge in [-0.05, 0) is 30.9 Å². The van der Waals surface area contributed by atoms with Gasteiger partial charge in [0.15, 0.2) is 0 Å². The number of methoxy groups -OCH3 is 1. The molecular formula is C18H22N4O2. The van der Waals surface area contributed by atoms with Crippen LogP contribution in [0.25, 0.3) is 11.3 Å². The summed E-state index contributed by atoms with van der Waals surface area (Å²) >= 11 is 0. The third-order valence-electron chi connectivity index (χ3n) is 5.60. The van der Waals surface area contributed by atoms with Gasteiger partial charge in [-0.25, -0.2) is 0 Å². The summed E-state index contributed by atoms with van der Waals surface area (Å²) in [6.07, 6.45) is 8.67. The SMILES string of the molecule is COC(=O)[C@@]12CCC[C@H]1CN(Cc1cn[nH]c1-c1cccnc1)C2. The summed E-state index contributed by atoms with van der Waals surface area (Å²) < 4.78 is 5.12. The van der Waals surface area contributed by atoms with Crippen LogP contribution < -0.4 is 0 Å². The Hall–Kier alpha value is -2.21. The summed E-state index contributed by atoms with van der Waals surface area (Å²) in [4.78, 5) is 18.9. The fourth-order valence-electron chi connectivity index (χ4n) is 4.48. The molecule has 0 amide bonds. The lowest BCUT2D eigenvalue weighted by Gasteiger charge is -2.25. The number of ether oxygens (including phenoxy) is 1. The molecule has 126 valence electrons. The number of nitrogens with one attached hydrogen (secondary N) is 1. The number of rotatable bonds is 4. The molecule has 0 spiro atoms. The Morgan fingerprint density at radius 3 is 3.21 bits per heavy atom. The molecule has 3 heterocycles. The van der Waals surface area contributed by atoms with Crippen LogP contribution in [0, 0.1) is 11.3 Å². The van der Waals surface area contributed by atoms with Crippen LogP contribution >= 0.6 is 0 Å². The summed E-state index contributed by atoms with van der Waals surface area (Å²) in [5, 5.41) is 7.29. The predicted molar refractivity (Wildman–Crippen MR) is 88.9 cm³/mol. The van der Waals surface area contributed by atoms with E-state index < -0.39 is 0 Å². The summed E-state index contributed by atoms with van der Waals surface area (Å²) in [5.74, 6) is 0.380. The molecule has 0 unspecified atom stereocenters. The minimum absolute atomic E-state index is 0.0350. The number of fused-ring (bicyclic) bond motifs is 1. The first-order valence-corrected chi connectivity index (χ1v) is 8.46. The van der Waals surface area contributed by atoms with Gasteiger partial charge in [0, 0.05) is 43.2 Å². The monoisotopic (exact) mass is 326 g/mol. The minimum atomic E-state index is -0.299. The van der Waals surface area contributed by atoms with Crippen molar-refractivity contribution in [1.82, 2.24) is 20.1 Å². The molecule has 2 atom stereocenters. The summed E-state index contributed by atoms with van der Waals surface area (Å²) in [7, 11) is 1.51.